The van der Waals surface area contributed by atoms with E-state index >= 15 is 0 Å². The summed E-state index contributed by atoms with van der Waals surface area (Å²) in [6.45, 7) is 11.3. The molecule has 0 fully saturated rings. The van der Waals surface area contributed by atoms with Crippen LogP contribution < -0.4 is 30.7 Å². The molecule has 0 saturated carbocycles. The number of nitrogens with one attached hydrogen (secondary N) is 4. The van der Waals surface area contributed by atoms with E-state index in [0.29, 0.717) is 75.1 Å². The average molecular weight is 827 g/mol. The van der Waals surface area contributed by atoms with Gasteiger partial charge in [0.05, 0.1) is 11.1 Å². The maximum Gasteiger partial charge on any atom is 0.216 e. The van der Waals surface area contributed by atoms with Gasteiger partial charge in [-0.3, -0.25) is 19.6 Å². The lowest BCUT2D eigenvalue weighted by atomic mass is 9.92. The van der Waals surface area contributed by atoms with Crippen molar-refractivity contribution in [1.29, 1.82) is 10.5 Å². The Bertz CT molecular complexity index is 2450. The minimum atomic E-state index is -0.0708. The van der Waals surface area contributed by atoms with Crippen molar-refractivity contribution in [2.45, 2.75) is 54.0 Å². The van der Waals surface area contributed by atoms with Crippen LogP contribution in [0.1, 0.15) is 58.4 Å². The number of carbonyl (C=O) groups excluding carboxylic acids is 2. The molecule has 2 heterocycles. The molecule has 0 aliphatic heterocycles. The van der Waals surface area contributed by atoms with Crippen molar-refractivity contribution in [2.75, 3.05) is 26.2 Å². The Labute approximate surface area is 363 Å². The number of hydrogen-bond donors (Lipinski definition) is 4. The molecular formula is C50H50N8O4. The Morgan fingerprint density at radius 3 is 1.39 bits per heavy atom. The number of benzene rings is 4. The van der Waals surface area contributed by atoms with Gasteiger partial charge in [-0.1, -0.05) is 48.5 Å². The normalized spacial score (nSPS) is 10.7. The summed E-state index contributed by atoms with van der Waals surface area (Å²) in [7, 11) is 0. The molecule has 4 N–H and O–H groups in total. The first-order valence-corrected chi connectivity index (χ1v) is 20.4. The average Bonchev–Trinajstić information content (AvgIpc) is 3.28. The summed E-state index contributed by atoms with van der Waals surface area (Å²) in [6, 6.07) is 32.4. The second-order valence-electron chi connectivity index (χ2n) is 14.9. The highest BCUT2D eigenvalue weighted by molar-refractivity contribution is 5.74. The zero-order valence-electron chi connectivity index (χ0n) is 35.5. The fourth-order valence-corrected chi connectivity index (χ4v) is 7.12. The molecule has 2 aromatic heterocycles. The fraction of sp³-hybridized carbons (Fsp3) is 0.240. The molecule has 0 unspecified atom stereocenters. The van der Waals surface area contributed by atoms with E-state index in [1.807, 2.05) is 48.5 Å². The number of carbonyl (C=O) groups is 2. The van der Waals surface area contributed by atoms with E-state index in [1.165, 1.54) is 13.8 Å². The third-order valence-corrected chi connectivity index (χ3v) is 10.5. The molecule has 0 saturated heterocycles. The fourth-order valence-electron chi connectivity index (χ4n) is 7.12. The molecular weight excluding hydrogens is 777 g/mol. The van der Waals surface area contributed by atoms with E-state index < -0.39 is 0 Å². The SMILES string of the molecule is CC(=O)NCCNCc1ccc(OCc2cccc(-c3cccc(COc4ccc(CNCCNC(C)=O)c(-c5cncc(C#N)c5)c4)c3C)c2C)cc1-c1cncc(C#N)c1. The number of rotatable bonds is 19. The summed E-state index contributed by atoms with van der Waals surface area (Å²) >= 11 is 0. The van der Waals surface area contributed by atoms with Gasteiger partial charge in [0.15, 0.2) is 0 Å². The quantitative estimate of drug-likeness (QED) is 0.0601. The number of nitriles is 2. The van der Waals surface area contributed by atoms with E-state index in [1.54, 1.807) is 24.8 Å². The van der Waals surface area contributed by atoms with Crippen LogP contribution in [0.3, 0.4) is 0 Å². The molecule has 314 valence electrons. The molecule has 4 aromatic carbocycles. The minimum Gasteiger partial charge on any atom is -0.489 e. The molecule has 12 nitrogen and oxygen atoms in total. The maximum absolute atomic E-state index is 11.3. The monoisotopic (exact) mass is 826 g/mol. The van der Waals surface area contributed by atoms with Crippen LogP contribution in [-0.2, 0) is 35.9 Å². The second-order valence-corrected chi connectivity index (χ2v) is 14.9. The van der Waals surface area contributed by atoms with Crippen molar-refractivity contribution >= 4 is 11.8 Å². The van der Waals surface area contributed by atoms with Gasteiger partial charge in [-0.2, -0.15) is 10.5 Å². The van der Waals surface area contributed by atoms with Crippen LogP contribution >= 0.6 is 0 Å². The lowest BCUT2D eigenvalue weighted by Gasteiger charge is -2.18. The predicted molar refractivity (Wildman–Crippen MR) is 240 cm³/mol. The van der Waals surface area contributed by atoms with Gasteiger partial charge in [0, 0.05) is 89.0 Å². The molecule has 62 heavy (non-hydrogen) atoms. The maximum atomic E-state index is 11.3. The standard InChI is InChI=1S/C50H50N8O4/c1-33-41(31-61-45-13-11-39(27-53-15-17-57-35(3)59)49(21-45)43-19-37(23-51)25-55-29-43)7-5-9-47(33)48-10-6-8-42(34(48)2)32-62-46-14-12-40(28-54-16-18-58-36(4)60)50(22-46)44-20-38(24-52)26-56-30-44/h5-14,19-22,25-26,29-30,53-54H,15-18,27-28,31-32H2,1-4H3,(H,57,59)(H,58,60). The van der Waals surface area contributed by atoms with Gasteiger partial charge in [-0.05, 0) is 106 Å². The summed E-state index contributed by atoms with van der Waals surface area (Å²) in [6.07, 6.45) is 6.58. The zero-order valence-corrected chi connectivity index (χ0v) is 35.5. The number of aromatic nitrogens is 2. The molecule has 0 aliphatic carbocycles. The van der Waals surface area contributed by atoms with Crippen LogP contribution in [0.5, 0.6) is 11.5 Å². The van der Waals surface area contributed by atoms with Gasteiger partial charge in [-0.15, -0.1) is 0 Å². The Kier molecular flexibility index (Phi) is 15.5. The van der Waals surface area contributed by atoms with Crippen molar-refractivity contribution in [3.8, 4) is 57.0 Å². The minimum absolute atomic E-state index is 0.0708. The van der Waals surface area contributed by atoms with Crippen LogP contribution in [-0.4, -0.2) is 48.0 Å². The first-order valence-electron chi connectivity index (χ1n) is 20.4. The van der Waals surface area contributed by atoms with E-state index in [4.69, 9.17) is 9.47 Å². The Hall–Kier alpha value is -7.38. The number of nitrogens with zero attached hydrogens (tertiary/aromatic N) is 4. The summed E-state index contributed by atoms with van der Waals surface area (Å²) in [4.78, 5) is 31.2. The van der Waals surface area contributed by atoms with Crippen LogP contribution in [0.25, 0.3) is 33.4 Å². The van der Waals surface area contributed by atoms with Gasteiger partial charge in [0.25, 0.3) is 0 Å². The van der Waals surface area contributed by atoms with Crippen LogP contribution in [0.4, 0.5) is 0 Å². The molecule has 0 spiro atoms. The highest BCUT2D eigenvalue weighted by Gasteiger charge is 2.15. The largest absolute Gasteiger partial charge is 0.489 e. The highest BCUT2D eigenvalue weighted by Crippen LogP contribution is 2.34. The topological polar surface area (TPSA) is 174 Å². The van der Waals surface area contributed by atoms with Gasteiger partial charge >= 0.3 is 0 Å². The second kappa shape index (κ2) is 21.7. The molecule has 0 aliphatic rings. The highest BCUT2D eigenvalue weighted by atomic mass is 16.5. The van der Waals surface area contributed by atoms with Crippen molar-refractivity contribution in [1.82, 2.24) is 31.2 Å². The molecule has 6 rings (SSSR count). The van der Waals surface area contributed by atoms with Crippen molar-refractivity contribution in [3.63, 3.8) is 0 Å². The van der Waals surface area contributed by atoms with Crippen LogP contribution in [0.15, 0.2) is 110 Å². The van der Waals surface area contributed by atoms with E-state index in [9.17, 15) is 20.1 Å². The molecule has 0 atom stereocenters. The van der Waals surface area contributed by atoms with Crippen LogP contribution in [0.2, 0.25) is 0 Å². The van der Waals surface area contributed by atoms with Gasteiger partial charge < -0.3 is 30.7 Å². The number of pyridine rings is 2. The molecule has 0 radical (unpaired) electrons. The summed E-state index contributed by atoms with van der Waals surface area (Å²) in [5.74, 6) is 1.23. The molecule has 12 heteroatoms. The number of ether oxygens (including phenoxy) is 2. The van der Waals surface area contributed by atoms with E-state index in [2.05, 4.69) is 93.6 Å². The number of amides is 2. The summed E-state index contributed by atoms with van der Waals surface area (Å²) in [5, 5.41) is 31.5. The number of hydrogen-bond acceptors (Lipinski definition) is 10. The third kappa shape index (κ3) is 11.9. The molecule has 0 bridgehead atoms. The Balaban J connectivity index is 1.17. The smallest absolute Gasteiger partial charge is 0.216 e. The van der Waals surface area contributed by atoms with Gasteiger partial charge in [0.2, 0.25) is 11.8 Å². The van der Waals surface area contributed by atoms with Gasteiger partial charge in [-0.25, -0.2) is 0 Å². The van der Waals surface area contributed by atoms with Gasteiger partial charge in [0.1, 0.15) is 36.9 Å². The first-order chi connectivity index (χ1) is 30.1. The van der Waals surface area contributed by atoms with E-state index in [0.717, 1.165) is 66.8 Å². The van der Waals surface area contributed by atoms with Crippen LogP contribution in [0, 0.1) is 36.5 Å². The first kappa shape index (κ1) is 44.2. The lowest BCUT2D eigenvalue weighted by molar-refractivity contribution is -0.119. The molecule has 6 aromatic rings. The Morgan fingerprint density at radius 1 is 0.548 bits per heavy atom. The Morgan fingerprint density at radius 2 is 0.984 bits per heavy atom. The molecule has 2 amide bonds. The van der Waals surface area contributed by atoms with Crippen molar-refractivity contribution in [2.24, 2.45) is 0 Å². The summed E-state index contributed by atoms with van der Waals surface area (Å²) in [5.41, 5.74) is 12.9. The van der Waals surface area contributed by atoms with Crippen molar-refractivity contribution < 1.29 is 19.1 Å². The third-order valence-electron chi connectivity index (χ3n) is 10.5. The zero-order chi connectivity index (χ0) is 43.8. The van der Waals surface area contributed by atoms with E-state index in [-0.39, 0.29) is 11.8 Å². The predicted octanol–water partition coefficient (Wildman–Crippen LogP) is 7.45. The van der Waals surface area contributed by atoms with Crippen molar-refractivity contribution in [3.05, 3.63) is 154 Å². The lowest BCUT2D eigenvalue weighted by Crippen LogP contribution is -2.30. The summed E-state index contributed by atoms with van der Waals surface area (Å²) < 4.78 is 12.9.